The molecule has 23 heavy (non-hydrogen) atoms. The molecule has 0 radical (unpaired) electrons. The van der Waals surface area contributed by atoms with Crippen LogP contribution in [0.3, 0.4) is 0 Å². The molecule has 0 amide bonds. The van der Waals surface area contributed by atoms with Crippen molar-refractivity contribution in [3.63, 3.8) is 0 Å². The number of hydroxylamine groups is 1. The van der Waals surface area contributed by atoms with Gasteiger partial charge in [-0.25, -0.2) is 8.42 Å². The summed E-state index contributed by atoms with van der Waals surface area (Å²) in [6.45, 7) is 2.89. The molecule has 0 aliphatic carbocycles. The Morgan fingerprint density at radius 1 is 1.43 bits per heavy atom. The van der Waals surface area contributed by atoms with E-state index in [4.69, 9.17) is 4.84 Å². The highest BCUT2D eigenvalue weighted by molar-refractivity contribution is 7.89. The average Bonchev–Trinajstić information content (AvgIpc) is 2.53. The molecule has 1 aromatic rings. The van der Waals surface area contributed by atoms with E-state index in [1.807, 2.05) is 6.92 Å². The van der Waals surface area contributed by atoms with E-state index in [-0.39, 0.29) is 22.2 Å². The molecule has 8 nitrogen and oxygen atoms in total. The third-order valence-corrected chi connectivity index (χ3v) is 5.88. The number of benzene rings is 1. The van der Waals surface area contributed by atoms with Gasteiger partial charge in [0.25, 0.3) is 5.69 Å². The topological polar surface area (TPSA) is 93.0 Å². The van der Waals surface area contributed by atoms with Crippen molar-refractivity contribution in [2.75, 3.05) is 32.3 Å². The summed E-state index contributed by atoms with van der Waals surface area (Å²) in [5, 5.41) is 12.5. The highest BCUT2D eigenvalue weighted by atomic mass is 32.2. The molecule has 2 rings (SSSR count). The van der Waals surface area contributed by atoms with Gasteiger partial charge in [0, 0.05) is 26.2 Å². The molecule has 0 unspecified atom stereocenters. The summed E-state index contributed by atoms with van der Waals surface area (Å²) in [5.74, 6) is 0.285. The molecule has 1 aromatic carbocycles. The maximum atomic E-state index is 12.7. The molecule has 1 heterocycles. The van der Waals surface area contributed by atoms with E-state index in [2.05, 4.69) is 0 Å². The van der Waals surface area contributed by atoms with E-state index in [0.29, 0.717) is 13.1 Å². The van der Waals surface area contributed by atoms with Crippen LogP contribution >= 0.6 is 0 Å². The van der Waals surface area contributed by atoms with Gasteiger partial charge in [-0.3, -0.25) is 20.0 Å². The van der Waals surface area contributed by atoms with E-state index in [1.165, 1.54) is 35.7 Å². The van der Waals surface area contributed by atoms with Gasteiger partial charge in [-0.2, -0.15) is 4.31 Å². The molecular weight excluding hydrogens is 322 g/mol. The van der Waals surface area contributed by atoms with Crippen LogP contribution in [0.15, 0.2) is 23.1 Å². The van der Waals surface area contributed by atoms with Crippen LogP contribution in [-0.4, -0.2) is 44.9 Å². The third-order valence-electron chi connectivity index (χ3n) is 4.01. The third kappa shape index (κ3) is 3.62. The van der Waals surface area contributed by atoms with Crippen LogP contribution in [0.4, 0.5) is 11.4 Å². The van der Waals surface area contributed by atoms with E-state index < -0.39 is 14.9 Å². The molecule has 1 fully saturated rings. The largest absolute Gasteiger partial charge is 0.296 e. The highest BCUT2D eigenvalue weighted by Crippen LogP contribution is 2.32. The quantitative estimate of drug-likeness (QED) is 0.600. The maximum absolute atomic E-state index is 12.7. The predicted octanol–water partition coefficient (Wildman–Crippen LogP) is 2.01. The van der Waals surface area contributed by atoms with Crippen molar-refractivity contribution in [1.29, 1.82) is 0 Å². The number of piperidine rings is 1. The first-order chi connectivity index (χ1) is 10.8. The van der Waals surface area contributed by atoms with Crippen molar-refractivity contribution in [1.82, 2.24) is 4.31 Å². The monoisotopic (exact) mass is 343 g/mol. The van der Waals surface area contributed by atoms with E-state index in [9.17, 15) is 18.5 Å². The standard InChI is InChI=1S/C14H21N3O5S/c1-11-5-4-8-16(10-11)23(20,21)12-6-7-13(15(2)22-3)14(9-12)17(18)19/h6-7,9,11H,4-5,8,10H2,1-3H3/t11-/m0/s1. The fraction of sp³-hybridized carbons (Fsp3) is 0.571. The number of anilines is 1. The van der Waals surface area contributed by atoms with E-state index in [0.717, 1.165) is 18.9 Å². The number of rotatable bonds is 5. The molecule has 1 aliphatic heterocycles. The van der Waals surface area contributed by atoms with Crippen LogP contribution in [0.2, 0.25) is 0 Å². The Kier molecular flexibility index (Phi) is 5.23. The zero-order valence-corrected chi connectivity index (χ0v) is 14.2. The fourth-order valence-corrected chi connectivity index (χ4v) is 4.31. The van der Waals surface area contributed by atoms with Crippen LogP contribution in [-0.2, 0) is 14.9 Å². The summed E-state index contributed by atoms with van der Waals surface area (Å²) in [6, 6.07) is 3.87. The summed E-state index contributed by atoms with van der Waals surface area (Å²) < 4.78 is 26.8. The van der Waals surface area contributed by atoms with Crippen molar-refractivity contribution >= 4 is 21.4 Å². The molecule has 9 heteroatoms. The number of nitro benzene ring substituents is 1. The lowest BCUT2D eigenvalue weighted by molar-refractivity contribution is -0.384. The molecule has 1 atom stereocenters. The van der Waals surface area contributed by atoms with Gasteiger partial charge in [0.1, 0.15) is 5.69 Å². The average molecular weight is 343 g/mol. The molecule has 0 N–H and O–H groups in total. The smallest absolute Gasteiger partial charge is 0.277 e. The summed E-state index contributed by atoms with van der Waals surface area (Å²) in [7, 11) is -0.835. The number of hydrogen-bond donors (Lipinski definition) is 0. The predicted molar refractivity (Wildman–Crippen MR) is 85.7 cm³/mol. The second-order valence-electron chi connectivity index (χ2n) is 5.70. The molecule has 0 bridgehead atoms. The van der Waals surface area contributed by atoms with Gasteiger partial charge < -0.3 is 0 Å². The lowest BCUT2D eigenvalue weighted by atomic mass is 10.0. The first kappa shape index (κ1) is 17.6. The normalized spacial score (nSPS) is 19.5. The lowest BCUT2D eigenvalue weighted by Crippen LogP contribution is -2.39. The Balaban J connectivity index is 2.43. The number of sulfonamides is 1. The molecule has 128 valence electrons. The first-order valence-electron chi connectivity index (χ1n) is 7.33. The molecule has 0 aromatic heterocycles. The van der Waals surface area contributed by atoms with Crippen LogP contribution in [0.5, 0.6) is 0 Å². The summed E-state index contributed by atoms with van der Waals surface area (Å²) >= 11 is 0. The Bertz CT molecular complexity index is 692. The molecular formula is C14H21N3O5S. The second kappa shape index (κ2) is 6.81. The molecule has 0 saturated carbocycles. The van der Waals surface area contributed by atoms with Gasteiger partial charge in [0.05, 0.1) is 16.9 Å². The van der Waals surface area contributed by atoms with Crippen LogP contribution in [0, 0.1) is 16.0 Å². The minimum atomic E-state index is -3.73. The molecule has 0 spiro atoms. The zero-order valence-electron chi connectivity index (χ0n) is 13.4. The summed E-state index contributed by atoms with van der Waals surface area (Å²) in [6.07, 6.45) is 1.79. The van der Waals surface area contributed by atoms with Gasteiger partial charge >= 0.3 is 0 Å². The van der Waals surface area contributed by atoms with Gasteiger partial charge in [-0.1, -0.05) is 6.92 Å². The van der Waals surface area contributed by atoms with Crippen LogP contribution < -0.4 is 5.06 Å². The molecule has 1 aliphatic rings. The van der Waals surface area contributed by atoms with Gasteiger partial charge in [-0.05, 0) is 30.9 Å². The van der Waals surface area contributed by atoms with Gasteiger partial charge in [-0.15, -0.1) is 0 Å². The number of nitro groups is 1. The van der Waals surface area contributed by atoms with Gasteiger partial charge in [0.15, 0.2) is 0 Å². The van der Waals surface area contributed by atoms with E-state index in [1.54, 1.807) is 0 Å². The first-order valence-corrected chi connectivity index (χ1v) is 8.77. The molecule has 1 saturated heterocycles. The highest BCUT2D eigenvalue weighted by Gasteiger charge is 2.31. The van der Waals surface area contributed by atoms with Crippen molar-refractivity contribution in [3.05, 3.63) is 28.3 Å². The second-order valence-corrected chi connectivity index (χ2v) is 7.64. The lowest BCUT2D eigenvalue weighted by Gasteiger charge is -2.30. The van der Waals surface area contributed by atoms with Gasteiger partial charge in [0.2, 0.25) is 10.0 Å². The fourth-order valence-electron chi connectivity index (χ4n) is 2.69. The maximum Gasteiger partial charge on any atom is 0.296 e. The Hall–Kier alpha value is -1.71. The van der Waals surface area contributed by atoms with Crippen molar-refractivity contribution in [2.45, 2.75) is 24.7 Å². The SMILES string of the molecule is CON(C)c1ccc(S(=O)(=O)N2CCC[C@H](C)C2)cc1[N+](=O)[O-]. The van der Waals surface area contributed by atoms with Crippen molar-refractivity contribution in [2.24, 2.45) is 5.92 Å². The Labute approximate surface area is 135 Å². The van der Waals surface area contributed by atoms with Crippen molar-refractivity contribution < 1.29 is 18.2 Å². The minimum absolute atomic E-state index is 0.0634. The van der Waals surface area contributed by atoms with Crippen molar-refractivity contribution in [3.8, 4) is 0 Å². The summed E-state index contributed by atoms with van der Waals surface area (Å²) in [5.41, 5.74) is -0.107. The minimum Gasteiger partial charge on any atom is -0.277 e. The summed E-state index contributed by atoms with van der Waals surface area (Å²) in [4.78, 5) is 15.5. The van der Waals surface area contributed by atoms with Crippen LogP contribution in [0.25, 0.3) is 0 Å². The van der Waals surface area contributed by atoms with Crippen LogP contribution in [0.1, 0.15) is 19.8 Å². The number of hydrogen-bond acceptors (Lipinski definition) is 6. The zero-order chi connectivity index (χ0) is 17.2. The Morgan fingerprint density at radius 3 is 2.70 bits per heavy atom. The van der Waals surface area contributed by atoms with E-state index >= 15 is 0 Å². The Morgan fingerprint density at radius 2 is 2.13 bits per heavy atom. The number of nitrogens with zero attached hydrogens (tertiary/aromatic N) is 3.